The summed E-state index contributed by atoms with van der Waals surface area (Å²) in [5.41, 5.74) is 6.04. The van der Waals surface area contributed by atoms with Gasteiger partial charge in [0.25, 0.3) is 0 Å². The van der Waals surface area contributed by atoms with Crippen LogP contribution in [0, 0.1) is 0 Å². The van der Waals surface area contributed by atoms with Gasteiger partial charge in [-0.15, -0.1) is 11.3 Å². The quantitative estimate of drug-likeness (QED) is 0.516. The molecule has 0 unspecified atom stereocenters. The molecular weight excluding hydrogens is 325 g/mol. The molecule has 0 aliphatic heterocycles. The fourth-order valence-corrected chi connectivity index (χ4v) is 5.04. The van der Waals surface area contributed by atoms with Crippen molar-refractivity contribution < 1.29 is 23.1 Å². The van der Waals surface area contributed by atoms with E-state index in [-0.39, 0.29) is 26.0 Å². The molecule has 1 aromatic heterocycles. The first-order chi connectivity index (χ1) is 10.5. The van der Waals surface area contributed by atoms with Crippen molar-refractivity contribution >= 4 is 24.9 Å². The number of thiophene rings is 1. The topological polar surface area (TPSA) is 87.9 Å². The third-order valence-corrected chi connectivity index (χ3v) is 6.12. The number of hydrogen-bond acceptors (Lipinski definition) is 7. The Bertz CT molecular complexity index is 483. The molecular formula is C14H24NO5PS. The Morgan fingerprint density at radius 2 is 1.91 bits per heavy atom. The third kappa shape index (κ3) is 5.48. The average molecular weight is 349 g/mol. The maximum absolute atomic E-state index is 12.8. The normalized spacial score (nSPS) is 14.5. The van der Waals surface area contributed by atoms with Gasteiger partial charge in [-0.2, -0.15) is 0 Å². The van der Waals surface area contributed by atoms with Crippen LogP contribution in [0.3, 0.4) is 0 Å². The summed E-state index contributed by atoms with van der Waals surface area (Å²) in [6, 6.07) is 2.81. The van der Waals surface area contributed by atoms with Gasteiger partial charge in [0.2, 0.25) is 0 Å². The molecule has 2 N–H and O–H groups in total. The molecule has 0 aromatic carbocycles. The van der Waals surface area contributed by atoms with Crippen molar-refractivity contribution in [1.82, 2.24) is 0 Å². The van der Waals surface area contributed by atoms with E-state index in [1.807, 2.05) is 17.5 Å². The van der Waals surface area contributed by atoms with Crippen LogP contribution in [-0.2, 0) is 23.1 Å². The van der Waals surface area contributed by atoms with Crippen molar-refractivity contribution in [2.45, 2.75) is 32.7 Å². The summed E-state index contributed by atoms with van der Waals surface area (Å²) >= 11 is 1.45. The van der Waals surface area contributed by atoms with Gasteiger partial charge in [-0.1, -0.05) is 6.07 Å². The van der Waals surface area contributed by atoms with Gasteiger partial charge in [0, 0.05) is 10.8 Å². The van der Waals surface area contributed by atoms with Gasteiger partial charge in [0.1, 0.15) is 6.04 Å². The van der Waals surface area contributed by atoms with Crippen LogP contribution < -0.4 is 5.73 Å². The van der Waals surface area contributed by atoms with Crippen LogP contribution in [0.25, 0.3) is 0 Å². The third-order valence-electron chi connectivity index (χ3n) is 2.97. The molecule has 126 valence electrons. The van der Waals surface area contributed by atoms with Gasteiger partial charge < -0.3 is 19.5 Å². The second kappa shape index (κ2) is 9.43. The number of esters is 1. The Morgan fingerprint density at radius 1 is 1.27 bits per heavy atom. The molecule has 1 heterocycles. The summed E-state index contributed by atoms with van der Waals surface area (Å²) in [6.45, 7) is 5.99. The van der Waals surface area contributed by atoms with E-state index >= 15 is 0 Å². The molecule has 0 saturated carbocycles. The van der Waals surface area contributed by atoms with Crippen molar-refractivity contribution in [3.63, 3.8) is 0 Å². The lowest BCUT2D eigenvalue weighted by molar-refractivity contribution is -0.145. The zero-order chi connectivity index (χ0) is 16.6. The van der Waals surface area contributed by atoms with Crippen molar-refractivity contribution in [2.75, 3.05) is 26.0 Å². The first-order valence-corrected chi connectivity index (χ1v) is 9.91. The standard InChI is InChI=1S/C14H24NO5PS/c1-4-18-14(16)13(15)11(12-8-7-9-22-12)10-21(17,19-5-2)20-6-3/h7-9,11,13H,4-6,10,15H2,1-3H3/t11-,13+/m0/s1. The van der Waals surface area contributed by atoms with Crippen LogP contribution in [0.5, 0.6) is 0 Å². The van der Waals surface area contributed by atoms with Crippen molar-refractivity contribution in [2.24, 2.45) is 5.73 Å². The van der Waals surface area contributed by atoms with Crippen LogP contribution in [0.4, 0.5) is 0 Å². The summed E-state index contributed by atoms with van der Waals surface area (Å²) < 4.78 is 28.4. The first kappa shape index (κ1) is 19.3. The predicted octanol–water partition coefficient (Wildman–Crippen LogP) is 2.99. The van der Waals surface area contributed by atoms with E-state index in [1.54, 1.807) is 20.8 Å². The summed E-state index contributed by atoms with van der Waals surface area (Å²) in [5, 5.41) is 1.88. The highest BCUT2D eigenvalue weighted by molar-refractivity contribution is 7.53. The smallest absolute Gasteiger partial charge is 0.331 e. The largest absolute Gasteiger partial charge is 0.465 e. The fourth-order valence-electron chi connectivity index (χ4n) is 2.06. The zero-order valence-electron chi connectivity index (χ0n) is 13.2. The van der Waals surface area contributed by atoms with Gasteiger partial charge in [-0.3, -0.25) is 9.36 Å². The van der Waals surface area contributed by atoms with Gasteiger partial charge >= 0.3 is 13.6 Å². The van der Waals surface area contributed by atoms with Gasteiger partial charge in [-0.25, -0.2) is 0 Å². The molecule has 0 aliphatic rings. The second-order valence-corrected chi connectivity index (χ2v) is 7.61. The van der Waals surface area contributed by atoms with Crippen LogP contribution >= 0.6 is 18.9 Å². The summed E-state index contributed by atoms with van der Waals surface area (Å²) in [7, 11) is -3.31. The lowest BCUT2D eigenvalue weighted by atomic mass is 10.0. The molecule has 22 heavy (non-hydrogen) atoms. The molecule has 6 nitrogen and oxygen atoms in total. The highest BCUT2D eigenvalue weighted by Crippen LogP contribution is 2.52. The van der Waals surface area contributed by atoms with E-state index in [4.69, 9.17) is 19.5 Å². The van der Waals surface area contributed by atoms with E-state index in [0.29, 0.717) is 0 Å². The zero-order valence-corrected chi connectivity index (χ0v) is 14.9. The number of nitrogens with two attached hydrogens (primary N) is 1. The Balaban J connectivity index is 3.00. The molecule has 0 amide bonds. The average Bonchev–Trinajstić information content (AvgIpc) is 2.99. The van der Waals surface area contributed by atoms with Gasteiger partial charge in [-0.05, 0) is 32.2 Å². The first-order valence-electron chi connectivity index (χ1n) is 7.31. The molecule has 0 bridgehead atoms. The molecule has 0 fully saturated rings. The van der Waals surface area contributed by atoms with Crippen LogP contribution in [0.1, 0.15) is 31.6 Å². The molecule has 2 atom stereocenters. The van der Waals surface area contributed by atoms with Crippen LogP contribution in [-0.4, -0.2) is 38.0 Å². The minimum atomic E-state index is -3.31. The molecule has 8 heteroatoms. The van der Waals surface area contributed by atoms with Crippen LogP contribution in [0.2, 0.25) is 0 Å². The number of hydrogen-bond donors (Lipinski definition) is 1. The highest BCUT2D eigenvalue weighted by atomic mass is 32.1. The van der Waals surface area contributed by atoms with Gasteiger partial charge in [0.15, 0.2) is 0 Å². The van der Waals surface area contributed by atoms with Crippen molar-refractivity contribution in [3.05, 3.63) is 22.4 Å². The summed E-state index contributed by atoms with van der Waals surface area (Å²) in [5.74, 6) is -0.983. The number of ether oxygens (including phenoxy) is 1. The van der Waals surface area contributed by atoms with E-state index in [9.17, 15) is 9.36 Å². The lowest BCUT2D eigenvalue weighted by Crippen LogP contribution is -2.39. The molecule has 1 rings (SSSR count). The highest BCUT2D eigenvalue weighted by Gasteiger charge is 2.36. The molecule has 0 saturated heterocycles. The maximum atomic E-state index is 12.8. The second-order valence-electron chi connectivity index (χ2n) is 4.53. The van der Waals surface area contributed by atoms with E-state index < -0.39 is 25.5 Å². The number of carbonyl (C=O) groups excluding carboxylic acids is 1. The number of carbonyl (C=O) groups is 1. The molecule has 0 radical (unpaired) electrons. The Morgan fingerprint density at radius 3 is 2.36 bits per heavy atom. The van der Waals surface area contributed by atoms with E-state index in [1.165, 1.54) is 11.3 Å². The Hall–Kier alpha value is -0.720. The summed E-state index contributed by atoms with van der Waals surface area (Å²) in [6.07, 6.45) is 0.0508. The monoisotopic (exact) mass is 349 g/mol. The predicted molar refractivity (Wildman–Crippen MR) is 87.4 cm³/mol. The van der Waals surface area contributed by atoms with Gasteiger partial charge in [0.05, 0.1) is 26.0 Å². The molecule has 1 aromatic rings. The lowest BCUT2D eigenvalue weighted by Gasteiger charge is -2.25. The maximum Gasteiger partial charge on any atom is 0.331 e. The summed E-state index contributed by atoms with van der Waals surface area (Å²) in [4.78, 5) is 12.8. The fraction of sp³-hybridized carbons (Fsp3) is 0.643. The van der Waals surface area contributed by atoms with Crippen LogP contribution in [0.15, 0.2) is 17.5 Å². The van der Waals surface area contributed by atoms with Crippen molar-refractivity contribution in [1.29, 1.82) is 0 Å². The SMILES string of the molecule is CCOC(=O)[C@H](N)[C@@H](CP(=O)(OCC)OCC)c1cccs1. The van der Waals surface area contributed by atoms with E-state index in [0.717, 1.165) is 4.88 Å². The van der Waals surface area contributed by atoms with E-state index in [2.05, 4.69) is 0 Å². The molecule has 0 aliphatic carbocycles. The van der Waals surface area contributed by atoms with Crippen molar-refractivity contribution in [3.8, 4) is 0 Å². The number of rotatable bonds is 10. The minimum absolute atomic E-state index is 0.0508. The Labute approximate surface area is 135 Å². The minimum Gasteiger partial charge on any atom is -0.465 e. The molecule has 0 spiro atoms. The Kier molecular flexibility index (Phi) is 8.28.